The molecule has 2 aromatic carbocycles. The van der Waals surface area contributed by atoms with Crippen LogP contribution in [0.5, 0.6) is 0 Å². The van der Waals surface area contributed by atoms with Gasteiger partial charge in [0.2, 0.25) is 10.0 Å². The van der Waals surface area contributed by atoms with E-state index in [2.05, 4.69) is 4.72 Å². The van der Waals surface area contributed by atoms with Gasteiger partial charge in [-0.3, -0.25) is 0 Å². The molecule has 0 aliphatic heterocycles. The van der Waals surface area contributed by atoms with Gasteiger partial charge in [-0.2, -0.15) is 0 Å². The number of fused-ring (bicyclic) bond motifs is 1. The van der Waals surface area contributed by atoms with Crippen LogP contribution in [-0.2, 0) is 10.0 Å². The van der Waals surface area contributed by atoms with Crippen LogP contribution in [0.15, 0.2) is 47.4 Å². The van der Waals surface area contributed by atoms with Gasteiger partial charge in [0.15, 0.2) is 0 Å². The summed E-state index contributed by atoms with van der Waals surface area (Å²) in [7, 11) is -3.51. The van der Waals surface area contributed by atoms with Crippen LogP contribution in [0.1, 0.15) is 19.8 Å². The van der Waals surface area contributed by atoms with Crippen LogP contribution in [0.4, 0.5) is 0 Å². The second-order valence-corrected chi connectivity index (χ2v) is 6.61. The molecule has 0 aliphatic carbocycles. The summed E-state index contributed by atoms with van der Waals surface area (Å²) >= 11 is 0. The zero-order valence-electron chi connectivity index (χ0n) is 11.5. The minimum absolute atomic E-state index is 0.123. The molecule has 0 aliphatic rings. The molecule has 0 aromatic heterocycles. The topological polar surface area (TPSA) is 72.2 Å². The Morgan fingerprint density at radius 3 is 2.60 bits per heavy atom. The first-order chi connectivity index (χ1) is 9.54. The van der Waals surface area contributed by atoms with Crippen LogP contribution < -0.4 is 10.5 Å². The Morgan fingerprint density at radius 2 is 1.85 bits per heavy atom. The number of hydrogen-bond donors (Lipinski definition) is 2. The van der Waals surface area contributed by atoms with Crippen molar-refractivity contribution in [2.75, 3.05) is 6.54 Å². The third-order valence-corrected chi connectivity index (χ3v) is 4.88. The molecule has 2 aromatic rings. The second-order valence-electron chi connectivity index (χ2n) is 4.93. The maximum atomic E-state index is 12.5. The van der Waals surface area contributed by atoms with Gasteiger partial charge >= 0.3 is 0 Å². The van der Waals surface area contributed by atoms with E-state index in [4.69, 9.17) is 5.73 Å². The number of sulfonamides is 1. The van der Waals surface area contributed by atoms with Crippen molar-refractivity contribution in [3.05, 3.63) is 42.5 Å². The molecular weight excluding hydrogens is 272 g/mol. The molecule has 2 rings (SSSR count). The molecule has 0 bridgehead atoms. The largest absolute Gasteiger partial charge is 0.330 e. The van der Waals surface area contributed by atoms with Crippen molar-refractivity contribution < 1.29 is 8.42 Å². The smallest absolute Gasteiger partial charge is 0.241 e. The lowest BCUT2D eigenvalue weighted by Crippen LogP contribution is -2.33. The Balaban J connectivity index is 2.32. The third-order valence-electron chi connectivity index (χ3n) is 3.24. The number of rotatable bonds is 6. The van der Waals surface area contributed by atoms with E-state index < -0.39 is 10.0 Å². The summed E-state index contributed by atoms with van der Waals surface area (Å²) in [6, 6.07) is 12.7. The highest BCUT2D eigenvalue weighted by molar-refractivity contribution is 7.89. The van der Waals surface area contributed by atoms with Crippen LogP contribution >= 0.6 is 0 Å². The predicted octanol–water partition coefficient (Wildman–Crippen LogP) is 2.25. The molecule has 0 amide bonds. The minimum Gasteiger partial charge on any atom is -0.330 e. The van der Waals surface area contributed by atoms with Gasteiger partial charge in [-0.15, -0.1) is 0 Å². The number of benzene rings is 2. The highest BCUT2D eigenvalue weighted by atomic mass is 32.2. The molecule has 108 valence electrons. The van der Waals surface area contributed by atoms with Gasteiger partial charge in [0.1, 0.15) is 0 Å². The zero-order valence-corrected chi connectivity index (χ0v) is 12.4. The van der Waals surface area contributed by atoms with E-state index in [1.54, 1.807) is 12.1 Å². The van der Waals surface area contributed by atoms with E-state index in [-0.39, 0.29) is 6.04 Å². The molecule has 5 heteroatoms. The third kappa shape index (κ3) is 3.36. The Bertz CT molecular complexity index is 678. The minimum atomic E-state index is -3.51. The maximum absolute atomic E-state index is 12.5. The fourth-order valence-electron chi connectivity index (χ4n) is 2.24. The first-order valence-corrected chi connectivity index (χ1v) is 8.23. The van der Waals surface area contributed by atoms with Crippen LogP contribution in [-0.4, -0.2) is 21.0 Å². The lowest BCUT2D eigenvalue weighted by molar-refractivity contribution is 0.539. The molecule has 0 spiro atoms. The molecule has 0 radical (unpaired) electrons. The van der Waals surface area contributed by atoms with Gasteiger partial charge in [-0.25, -0.2) is 13.1 Å². The first kappa shape index (κ1) is 15.0. The van der Waals surface area contributed by atoms with E-state index in [1.165, 1.54) is 0 Å². The molecular formula is C15H20N2O2S. The fourth-order valence-corrected chi connectivity index (χ4v) is 3.75. The molecule has 20 heavy (non-hydrogen) atoms. The second kappa shape index (κ2) is 6.35. The SMILES string of the molecule is CC(CCCN)NS(=O)(=O)c1cccc2ccccc12. The summed E-state index contributed by atoms with van der Waals surface area (Å²) in [4.78, 5) is 0.329. The summed E-state index contributed by atoms with van der Waals surface area (Å²) in [5.41, 5.74) is 5.45. The zero-order chi connectivity index (χ0) is 14.6. The van der Waals surface area contributed by atoms with Crippen molar-refractivity contribution in [2.45, 2.75) is 30.7 Å². The summed E-state index contributed by atoms with van der Waals surface area (Å²) in [6.45, 7) is 2.43. The van der Waals surface area contributed by atoms with Crippen molar-refractivity contribution in [1.82, 2.24) is 4.72 Å². The van der Waals surface area contributed by atoms with Gasteiger partial charge in [-0.1, -0.05) is 36.4 Å². The van der Waals surface area contributed by atoms with Gasteiger partial charge in [0.25, 0.3) is 0 Å². The lowest BCUT2D eigenvalue weighted by Gasteiger charge is -2.15. The van der Waals surface area contributed by atoms with Crippen molar-refractivity contribution in [3.63, 3.8) is 0 Å². The highest BCUT2D eigenvalue weighted by Gasteiger charge is 2.19. The average molecular weight is 292 g/mol. The first-order valence-electron chi connectivity index (χ1n) is 6.75. The van der Waals surface area contributed by atoms with Crippen LogP contribution in [0, 0.1) is 0 Å². The normalized spacial score (nSPS) is 13.5. The van der Waals surface area contributed by atoms with E-state index >= 15 is 0 Å². The van der Waals surface area contributed by atoms with Crippen molar-refractivity contribution in [1.29, 1.82) is 0 Å². The quantitative estimate of drug-likeness (QED) is 0.857. The molecule has 1 atom stereocenters. The standard InChI is InChI=1S/C15H20N2O2S/c1-12(6-5-11-16)17-20(18,19)15-10-4-8-13-7-2-3-9-14(13)15/h2-4,7-10,12,17H,5-6,11,16H2,1H3. The van der Waals surface area contributed by atoms with Crippen molar-refractivity contribution in [2.24, 2.45) is 5.73 Å². The summed E-state index contributed by atoms with van der Waals surface area (Å²) in [5, 5.41) is 1.67. The summed E-state index contributed by atoms with van der Waals surface area (Å²) < 4.78 is 27.7. The van der Waals surface area contributed by atoms with Crippen molar-refractivity contribution in [3.8, 4) is 0 Å². The average Bonchev–Trinajstić information content (AvgIpc) is 2.44. The van der Waals surface area contributed by atoms with E-state index in [0.29, 0.717) is 11.4 Å². The highest BCUT2D eigenvalue weighted by Crippen LogP contribution is 2.22. The summed E-state index contributed by atoms with van der Waals surface area (Å²) in [5.74, 6) is 0. The Hall–Kier alpha value is -1.43. The van der Waals surface area contributed by atoms with Gasteiger partial charge in [-0.05, 0) is 37.8 Å². The number of nitrogens with two attached hydrogens (primary N) is 1. The Morgan fingerprint density at radius 1 is 1.15 bits per heavy atom. The molecule has 0 heterocycles. The Kier molecular flexibility index (Phi) is 4.75. The Labute approximate surface area is 120 Å². The molecule has 0 fully saturated rings. The molecule has 0 saturated heterocycles. The molecule has 4 nitrogen and oxygen atoms in total. The van der Waals surface area contributed by atoms with Gasteiger partial charge in [0.05, 0.1) is 4.90 Å². The van der Waals surface area contributed by atoms with Crippen LogP contribution in [0.25, 0.3) is 10.8 Å². The van der Waals surface area contributed by atoms with Crippen LogP contribution in [0.2, 0.25) is 0 Å². The predicted molar refractivity (Wildman–Crippen MR) is 82.0 cm³/mol. The van der Waals surface area contributed by atoms with E-state index in [0.717, 1.165) is 23.6 Å². The lowest BCUT2D eigenvalue weighted by atomic mass is 10.1. The summed E-state index contributed by atoms with van der Waals surface area (Å²) in [6.07, 6.45) is 1.54. The van der Waals surface area contributed by atoms with E-state index in [1.807, 2.05) is 37.3 Å². The van der Waals surface area contributed by atoms with Gasteiger partial charge in [0, 0.05) is 11.4 Å². The molecule has 0 saturated carbocycles. The van der Waals surface area contributed by atoms with Gasteiger partial charge < -0.3 is 5.73 Å². The molecule has 1 unspecified atom stereocenters. The fraction of sp³-hybridized carbons (Fsp3) is 0.333. The van der Waals surface area contributed by atoms with Crippen molar-refractivity contribution >= 4 is 20.8 Å². The number of hydrogen-bond acceptors (Lipinski definition) is 3. The van der Waals surface area contributed by atoms with E-state index in [9.17, 15) is 8.42 Å². The monoisotopic (exact) mass is 292 g/mol. The van der Waals surface area contributed by atoms with Crippen LogP contribution in [0.3, 0.4) is 0 Å². The number of nitrogens with one attached hydrogen (secondary N) is 1. The maximum Gasteiger partial charge on any atom is 0.241 e. The molecule has 3 N–H and O–H groups in total.